The summed E-state index contributed by atoms with van der Waals surface area (Å²) in [4.78, 5) is 38.5. The normalized spacial score (nSPS) is 22.0. The van der Waals surface area contributed by atoms with Gasteiger partial charge >= 0.3 is 12.0 Å². The molecule has 0 aromatic rings. The molecule has 3 amide bonds. The van der Waals surface area contributed by atoms with Crippen molar-refractivity contribution in [2.24, 2.45) is 5.41 Å². The molecule has 0 aromatic heterocycles. The van der Waals surface area contributed by atoms with Gasteiger partial charge in [-0.25, -0.2) is 4.79 Å². The van der Waals surface area contributed by atoms with Gasteiger partial charge in [-0.3, -0.25) is 9.59 Å². The summed E-state index contributed by atoms with van der Waals surface area (Å²) in [5.41, 5.74) is -0.831. The van der Waals surface area contributed by atoms with Gasteiger partial charge in [-0.15, -0.1) is 0 Å². The SMILES string of the molecule is CN1CCCN(C(=O)NCC2(C(=O)O)CCCC2)CC1=O. The molecule has 0 spiro atoms. The van der Waals surface area contributed by atoms with Gasteiger partial charge in [-0.1, -0.05) is 12.8 Å². The summed E-state index contributed by atoms with van der Waals surface area (Å²) in [5, 5.41) is 12.1. The zero-order chi connectivity index (χ0) is 15.5. The van der Waals surface area contributed by atoms with Crippen LogP contribution in [0.2, 0.25) is 0 Å². The number of aliphatic carboxylic acids is 1. The Morgan fingerprint density at radius 1 is 1.24 bits per heavy atom. The molecule has 21 heavy (non-hydrogen) atoms. The van der Waals surface area contributed by atoms with Gasteiger partial charge in [0.05, 0.1) is 5.41 Å². The van der Waals surface area contributed by atoms with Crippen molar-refractivity contribution >= 4 is 17.9 Å². The summed E-state index contributed by atoms with van der Waals surface area (Å²) in [7, 11) is 1.72. The van der Waals surface area contributed by atoms with Gasteiger partial charge in [0.15, 0.2) is 0 Å². The van der Waals surface area contributed by atoms with E-state index in [9.17, 15) is 19.5 Å². The Kier molecular flexibility index (Phi) is 4.69. The third-order valence-corrected chi connectivity index (χ3v) is 4.55. The molecule has 2 N–H and O–H groups in total. The van der Waals surface area contributed by atoms with E-state index in [-0.39, 0.29) is 25.0 Å². The van der Waals surface area contributed by atoms with Crippen molar-refractivity contribution in [1.82, 2.24) is 15.1 Å². The number of hydrogen-bond acceptors (Lipinski definition) is 3. The van der Waals surface area contributed by atoms with Gasteiger partial charge in [0.2, 0.25) is 5.91 Å². The van der Waals surface area contributed by atoms with E-state index < -0.39 is 11.4 Å². The lowest BCUT2D eigenvalue weighted by Gasteiger charge is -2.26. The fraction of sp³-hybridized carbons (Fsp3) is 0.786. The van der Waals surface area contributed by atoms with Crippen LogP contribution in [-0.2, 0) is 9.59 Å². The molecular formula is C14H23N3O4. The summed E-state index contributed by atoms with van der Waals surface area (Å²) in [6, 6.07) is -0.342. The minimum atomic E-state index is -0.841. The molecule has 1 heterocycles. The number of carboxylic acid groups (broad SMARTS) is 1. The van der Waals surface area contributed by atoms with Crippen molar-refractivity contribution in [1.29, 1.82) is 0 Å². The largest absolute Gasteiger partial charge is 0.481 e. The van der Waals surface area contributed by atoms with Gasteiger partial charge in [0, 0.05) is 26.7 Å². The zero-order valence-electron chi connectivity index (χ0n) is 12.4. The van der Waals surface area contributed by atoms with E-state index in [0.717, 1.165) is 19.3 Å². The smallest absolute Gasteiger partial charge is 0.317 e. The monoisotopic (exact) mass is 297 g/mol. The first-order valence-electron chi connectivity index (χ1n) is 7.45. The van der Waals surface area contributed by atoms with Crippen LogP contribution in [-0.4, -0.2) is 66.0 Å². The maximum Gasteiger partial charge on any atom is 0.317 e. The van der Waals surface area contributed by atoms with Crippen molar-refractivity contribution in [3.05, 3.63) is 0 Å². The maximum absolute atomic E-state index is 12.2. The van der Waals surface area contributed by atoms with Gasteiger partial charge in [0.1, 0.15) is 6.54 Å². The quantitative estimate of drug-likeness (QED) is 0.794. The third-order valence-electron chi connectivity index (χ3n) is 4.55. The number of carbonyl (C=O) groups is 3. The Balaban J connectivity index is 1.92. The van der Waals surface area contributed by atoms with Crippen molar-refractivity contribution in [2.45, 2.75) is 32.1 Å². The number of hydrogen-bond donors (Lipinski definition) is 2. The van der Waals surface area contributed by atoms with Crippen molar-refractivity contribution in [3.63, 3.8) is 0 Å². The fourth-order valence-electron chi connectivity index (χ4n) is 3.03. The van der Waals surface area contributed by atoms with Crippen molar-refractivity contribution in [3.8, 4) is 0 Å². The molecule has 7 nitrogen and oxygen atoms in total. The van der Waals surface area contributed by atoms with E-state index >= 15 is 0 Å². The summed E-state index contributed by atoms with van der Waals surface area (Å²) in [6.07, 6.45) is 3.71. The number of amides is 3. The first-order valence-corrected chi connectivity index (χ1v) is 7.45. The van der Waals surface area contributed by atoms with Gasteiger partial charge in [-0.2, -0.15) is 0 Å². The van der Waals surface area contributed by atoms with E-state index in [1.807, 2.05) is 0 Å². The predicted molar refractivity (Wildman–Crippen MR) is 75.8 cm³/mol. The number of urea groups is 1. The van der Waals surface area contributed by atoms with Gasteiger partial charge in [-0.05, 0) is 19.3 Å². The second-order valence-corrected chi connectivity index (χ2v) is 6.04. The van der Waals surface area contributed by atoms with Crippen LogP contribution in [0.3, 0.4) is 0 Å². The molecule has 0 bridgehead atoms. The molecule has 0 atom stereocenters. The molecule has 1 aliphatic heterocycles. The molecule has 1 aliphatic carbocycles. The van der Waals surface area contributed by atoms with Crippen LogP contribution in [0.15, 0.2) is 0 Å². The Morgan fingerprint density at radius 3 is 2.52 bits per heavy atom. The molecule has 2 rings (SSSR count). The Bertz CT molecular complexity index is 432. The highest BCUT2D eigenvalue weighted by Crippen LogP contribution is 2.37. The Morgan fingerprint density at radius 2 is 1.90 bits per heavy atom. The lowest BCUT2D eigenvalue weighted by molar-refractivity contribution is -0.148. The molecule has 118 valence electrons. The van der Waals surface area contributed by atoms with Crippen molar-refractivity contribution < 1.29 is 19.5 Å². The Hall–Kier alpha value is -1.79. The summed E-state index contributed by atoms with van der Waals surface area (Å²) in [6.45, 7) is 1.35. The molecule has 0 aromatic carbocycles. The van der Waals surface area contributed by atoms with E-state index in [0.29, 0.717) is 25.9 Å². The number of rotatable bonds is 3. The molecule has 0 radical (unpaired) electrons. The number of carbonyl (C=O) groups excluding carboxylic acids is 2. The average Bonchev–Trinajstić information content (AvgIpc) is 2.87. The standard InChI is InChI=1S/C14H23N3O4/c1-16-7-4-8-17(9-11(16)18)13(21)15-10-14(12(19)20)5-2-3-6-14/h2-10H2,1H3,(H,15,21)(H,19,20). The first-order chi connectivity index (χ1) is 9.94. The zero-order valence-corrected chi connectivity index (χ0v) is 12.4. The van der Waals surface area contributed by atoms with Crippen LogP contribution in [0.5, 0.6) is 0 Å². The van der Waals surface area contributed by atoms with Crippen LogP contribution in [0, 0.1) is 5.41 Å². The minimum absolute atomic E-state index is 0.0579. The molecule has 1 saturated carbocycles. The molecule has 0 unspecified atom stereocenters. The van der Waals surface area contributed by atoms with E-state index in [1.165, 1.54) is 4.90 Å². The highest BCUT2D eigenvalue weighted by atomic mass is 16.4. The second kappa shape index (κ2) is 6.32. The van der Waals surface area contributed by atoms with Crippen LogP contribution >= 0.6 is 0 Å². The average molecular weight is 297 g/mol. The molecule has 7 heteroatoms. The summed E-state index contributed by atoms with van der Waals surface area (Å²) < 4.78 is 0. The molecular weight excluding hydrogens is 274 g/mol. The first kappa shape index (κ1) is 15.6. The third kappa shape index (κ3) is 3.46. The molecule has 1 saturated heterocycles. The van der Waals surface area contributed by atoms with Gasteiger partial charge < -0.3 is 20.2 Å². The van der Waals surface area contributed by atoms with Crippen LogP contribution in [0.4, 0.5) is 4.79 Å². The molecule has 2 fully saturated rings. The summed E-state index contributed by atoms with van der Waals surface area (Å²) in [5.74, 6) is -0.927. The molecule has 2 aliphatic rings. The second-order valence-electron chi connectivity index (χ2n) is 6.04. The van der Waals surface area contributed by atoms with Crippen LogP contribution in [0.1, 0.15) is 32.1 Å². The lowest BCUT2D eigenvalue weighted by Crippen LogP contribution is -2.48. The number of likely N-dealkylation sites (N-methyl/N-ethyl adjacent to an activating group) is 1. The van der Waals surface area contributed by atoms with Crippen molar-refractivity contribution in [2.75, 3.05) is 33.2 Å². The Labute approximate surface area is 124 Å². The predicted octanol–water partition coefficient (Wildman–Crippen LogP) is 0.505. The van der Waals surface area contributed by atoms with Crippen LogP contribution in [0.25, 0.3) is 0 Å². The number of carboxylic acids is 1. The minimum Gasteiger partial charge on any atom is -0.481 e. The van der Waals surface area contributed by atoms with E-state index in [1.54, 1.807) is 11.9 Å². The van der Waals surface area contributed by atoms with E-state index in [2.05, 4.69) is 5.32 Å². The van der Waals surface area contributed by atoms with Crippen LogP contribution < -0.4 is 5.32 Å². The fourth-order valence-corrected chi connectivity index (χ4v) is 3.03. The highest BCUT2D eigenvalue weighted by molar-refractivity contribution is 5.85. The summed E-state index contributed by atoms with van der Waals surface area (Å²) >= 11 is 0. The number of nitrogens with zero attached hydrogens (tertiary/aromatic N) is 2. The number of nitrogens with one attached hydrogen (secondary N) is 1. The maximum atomic E-state index is 12.2. The van der Waals surface area contributed by atoms with Gasteiger partial charge in [0.25, 0.3) is 0 Å². The lowest BCUT2D eigenvalue weighted by atomic mass is 9.86. The topological polar surface area (TPSA) is 89.9 Å². The highest BCUT2D eigenvalue weighted by Gasteiger charge is 2.41. The van der Waals surface area contributed by atoms with E-state index in [4.69, 9.17) is 0 Å².